The lowest BCUT2D eigenvalue weighted by Crippen LogP contribution is -2.29. The fourth-order valence-corrected chi connectivity index (χ4v) is 2.51. The second kappa shape index (κ2) is 4.21. The molecule has 5 heteroatoms. The van der Waals surface area contributed by atoms with E-state index in [2.05, 4.69) is 4.99 Å². The third-order valence-electron chi connectivity index (χ3n) is 3.92. The van der Waals surface area contributed by atoms with Gasteiger partial charge in [0.25, 0.3) is 0 Å². The summed E-state index contributed by atoms with van der Waals surface area (Å²) in [5.74, 6) is 0. The van der Waals surface area contributed by atoms with Crippen molar-refractivity contribution in [2.75, 3.05) is 25.0 Å². The molecule has 0 N–H and O–H groups in total. The van der Waals surface area contributed by atoms with Gasteiger partial charge in [-0.1, -0.05) is 12.1 Å². The van der Waals surface area contributed by atoms with Crippen LogP contribution in [0.2, 0.25) is 0 Å². The number of carbonyl (C=O) groups is 1. The Morgan fingerprint density at radius 2 is 1.89 bits per heavy atom. The van der Waals surface area contributed by atoms with Crippen molar-refractivity contribution in [3.8, 4) is 0 Å². The molecule has 0 aromatic heterocycles. The van der Waals surface area contributed by atoms with Crippen LogP contribution < -0.4 is 4.90 Å². The first-order valence-electron chi connectivity index (χ1n) is 6.38. The summed E-state index contributed by atoms with van der Waals surface area (Å²) in [5, 5.41) is 0. The molecule has 19 heavy (non-hydrogen) atoms. The first kappa shape index (κ1) is 11.9. The Labute approximate surface area is 111 Å². The van der Waals surface area contributed by atoms with Gasteiger partial charge >= 0.3 is 6.03 Å². The smallest absolute Gasteiger partial charge is 0.324 e. The first-order chi connectivity index (χ1) is 9.16. The number of nitrogens with zero attached hydrogens (tertiary/aromatic N) is 3. The lowest BCUT2D eigenvalue weighted by Gasteiger charge is -2.17. The Morgan fingerprint density at radius 3 is 2.37 bits per heavy atom. The van der Waals surface area contributed by atoms with Gasteiger partial charge in [0.05, 0.1) is 5.54 Å². The van der Waals surface area contributed by atoms with E-state index in [-0.39, 0.29) is 11.6 Å². The van der Waals surface area contributed by atoms with Crippen LogP contribution in [0.5, 0.6) is 0 Å². The first-order valence-corrected chi connectivity index (χ1v) is 6.38. The topological polar surface area (TPSA) is 53.0 Å². The summed E-state index contributed by atoms with van der Waals surface area (Å²) in [6.45, 7) is 1.46. The van der Waals surface area contributed by atoms with Crippen molar-refractivity contribution in [2.24, 2.45) is 4.99 Å². The van der Waals surface area contributed by atoms with Crippen LogP contribution in [0.4, 0.5) is 10.5 Å². The van der Waals surface area contributed by atoms with Gasteiger partial charge in [-0.05, 0) is 30.5 Å². The quantitative estimate of drug-likeness (QED) is 0.613. The Morgan fingerprint density at radius 1 is 1.21 bits per heavy atom. The van der Waals surface area contributed by atoms with Gasteiger partial charge in [0.15, 0.2) is 0 Å². The van der Waals surface area contributed by atoms with E-state index in [9.17, 15) is 9.59 Å². The lowest BCUT2D eigenvalue weighted by molar-refractivity contribution is 0.229. The zero-order valence-electron chi connectivity index (χ0n) is 10.8. The van der Waals surface area contributed by atoms with Gasteiger partial charge in [0.1, 0.15) is 0 Å². The molecule has 1 aromatic rings. The molecule has 1 aliphatic carbocycles. The SMILES string of the molecule is CN1CCN(c2ccc(C3(N=C=O)CC3)cc2)C1=O. The second-order valence-corrected chi connectivity index (χ2v) is 5.14. The molecule has 98 valence electrons. The van der Waals surface area contributed by atoms with Gasteiger partial charge in [-0.2, -0.15) is 4.99 Å². The summed E-state index contributed by atoms with van der Waals surface area (Å²) in [5.41, 5.74) is 1.58. The van der Waals surface area contributed by atoms with Crippen LogP contribution >= 0.6 is 0 Å². The molecule has 1 aromatic carbocycles. The maximum absolute atomic E-state index is 11.9. The zero-order chi connectivity index (χ0) is 13.5. The molecular formula is C14H15N3O2. The molecule has 3 rings (SSSR count). The van der Waals surface area contributed by atoms with Crippen LogP contribution in [0, 0.1) is 0 Å². The van der Waals surface area contributed by atoms with Gasteiger partial charge in [0.2, 0.25) is 6.08 Å². The molecule has 0 spiro atoms. The standard InChI is InChI=1S/C14H15N3O2/c1-16-8-9-17(13(16)19)12-4-2-11(3-5-12)14(6-7-14)15-10-18/h2-5H,6-9H2,1H3. The second-order valence-electron chi connectivity index (χ2n) is 5.14. The van der Waals surface area contributed by atoms with Gasteiger partial charge in [0, 0.05) is 25.8 Å². The highest BCUT2D eigenvalue weighted by molar-refractivity contribution is 5.93. The number of aliphatic imine (C=N–C) groups is 1. The van der Waals surface area contributed by atoms with Gasteiger partial charge in [-0.3, -0.25) is 4.90 Å². The minimum absolute atomic E-state index is 0.0276. The largest absolute Gasteiger partial charge is 0.326 e. The van der Waals surface area contributed by atoms with E-state index in [1.807, 2.05) is 24.3 Å². The van der Waals surface area contributed by atoms with Crippen molar-refractivity contribution >= 4 is 17.8 Å². The molecule has 0 unspecified atom stereocenters. The average molecular weight is 257 g/mol. The third kappa shape index (κ3) is 1.92. The van der Waals surface area contributed by atoms with E-state index in [1.165, 1.54) is 0 Å². The number of anilines is 1. The van der Waals surface area contributed by atoms with Crippen molar-refractivity contribution in [3.63, 3.8) is 0 Å². The van der Waals surface area contributed by atoms with Crippen molar-refractivity contribution in [2.45, 2.75) is 18.4 Å². The maximum atomic E-state index is 11.9. The predicted octanol–water partition coefficient (Wildman–Crippen LogP) is 1.88. The predicted molar refractivity (Wildman–Crippen MR) is 70.8 cm³/mol. The highest BCUT2D eigenvalue weighted by atomic mass is 16.2. The fraction of sp³-hybridized carbons (Fsp3) is 0.429. The van der Waals surface area contributed by atoms with Crippen molar-refractivity contribution < 1.29 is 9.59 Å². The highest BCUT2D eigenvalue weighted by Gasteiger charge is 2.44. The van der Waals surface area contributed by atoms with Crippen LogP contribution in [-0.2, 0) is 10.3 Å². The highest BCUT2D eigenvalue weighted by Crippen LogP contribution is 2.49. The average Bonchev–Trinajstić information content (AvgIpc) is 3.13. The third-order valence-corrected chi connectivity index (χ3v) is 3.92. The van der Waals surface area contributed by atoms with Crippen molar-refractivity contribution in [1.82, 2.24) is 4.90 Å². The number of isocyanates is 1. The number of hydrogen-bond donors (Lipinski definition) is 0. The number of urea groups is 1. The van der Waals surface area contributed by atoms with Gasteiger partial charge < -0.3 is 4.90 Å². The fourth-order valence-electron chi connectivity index (χ4n) is 2.51. The molecule has 0 bridgehead atoms. The van der Waals surface area contributed by atoms with Crippen molar-refractivity contribution in [3.05, 3.63) is 29.8 Å². The van der Waals surface area contributed by atoms with Crippen LogP contribution in [0.3, 0.4) is 0 Å². The number of likely N-dealkylation sites (N-methyl/N-ethyl adjacent to an activating group) is 1. The summed E-state index contributed by atoms with van der Waals surface area (Å²) in [6, 6.07) is 7.78. The van der Waals surface area contributed by atoms with Crippen LogP contribution in [0.1, 0.15) is 18.4 Å². The number of hydrogen-bond acceptors (Lipinski definition) is 3. The summed E-state index contributed by atoms with van der Waals surface area (Å²) in [7, 11) is 1.80. The Bertz CT molecular complexity index is 557. The number of carbonyl (C=O) groups excluding carboxylic acids is 2. The maximum Gasteiger partial charge on any atom is 0.324 e. The Balaban J connectivity index is 1.84. The van der Waals surface area contributed by atoms with Gasteiger partial charge in [-0.15, -0.1) is 0 Å². The molecule has 2 aliphatic rings. The normalized spacial score (nSPS) is 20.4. The van der Waals surface area contributed by atoms with E-state index in [1.54, 1.807) is 22.9 Å². The Kier molecular flexibility index (Phi) is 2.64. The number of benzene rings is 1. The summed E-state index contributed by atoms with van der Waals surface area (Å²) in [4.78, 5) is 29.7. The molecule has 1 aliphatic heterocycles. The summed E-state index contributed by atoms with van der Waals surface area (Å²) < 4.78 is 0. The van der Waals surface area contributed by atoms with E-state index < -0.39 is 0 Å². The molecule has 5 nitrogen and oxygen atoms in total. The molecule has 1 saturated heterocycles. The van der Waals surface area contributed by atoms with E-state index in [4.69, 9.17) is 0 Å². The monoisotopic (exact) mass is 257 g/mol. The van der Waals surface area contributed by atoms with E-state index in [0.29, 0.717) is 6.54 Å². The zero-order valence-corrected chi connectivity index (χ0v) is 10.8. The van der Waals surface area contributed by atoms with E-state index >= 15 is 0 Å². The van der Waals surface area contributed by atoms with Crippen LogP contribution in [0.15, 0.2) is 29.3 Å². The minimum Gasteiger partial charge on any atom is -0.326 e. The number of amides is 2. The van der Waals surface area contributed by atoms with Crippen LogP contribution in [-0.4, -0.2) is 37.1 Å². The van der Waals surface area contributed by atoms with Crippen molar-refractivity contribution in [1.29, 1.82) is 0 Å². The summed E-state index contributed by atoms with van der Waals surface area (Å²) >= 11 is 0. The van der Waals surface area contributed by atoms with Crippen LogP contribution in [0.25, 0.3) is 0 Å². The molecule has 0 radical (unpaired) electrons. The van der Waals surface area contributed by atoms with Gasteiger partial charge in [-0.25, -0.2) is 9.59 Å². The lowest BCUT2D eigenvalue weighted by atomic mass is 10.1. The molecule has 0 atom stereocenters. The summed E-state index contributed by atoms with van der Waals surface area (Å²) in [6.07, 6.45) is 3.45. The Hall–Kier alpha value is -2.13. The molecular weight excluding hydrogens is 242 g/mol. The molecule has 1 saturated carbocycles. The minimum atomic E-state index is -0.341. The van der Waals surface area contributed by atoms with E-state index in [0.717, 1.165) is 30.6 Å². The molecule has 1 heterocycles. The number of rotatable bonds is 3. The molecule has 2 amide bonds. The molecule has 2 fully saturated rings.